The highest BCUT2D eigenvalue weighted by Crippen LogP contribution is 2.22. The topological polar surface area (TPSA) is 43.9 Å². The van der Waals surface area contributed by atoms with Gasteiger partial charge in [0.25, 0.3) is 0 Å². The Hall–Kier alpha value is -1.29. The lowest BCUT2D eigenvalue weighted by atomic mass is 10.3. The summed E-state index contributed by atoms with van der Waals surface area (Å²) < 4.78 is 7.61. The predicted octanol–water partition coefficient (Wildman–Crippen LogP) is 3.04. The Labute approximate surface area is 106 Å². The Morgan fingerprint density at radius 1 is 1.47 bits per heavy atom. The SMILES string of the molecule is CCn1nc(C)cc1-c1cnc(CCCCl)o1. The zero-order valence-electron chi connectivity index (χ0n) is 10.1. The fourth-order valence-electron chi connectivity index (χ4n) is 1.75. The van der Waals surface area contributed by atoms with Crippen molar-refractivity contribution >= 4 is 11.6 Å². The van der Waals surface area contributed by atoms with Crippen LogP contribution >= 0.6 is 11.6 Å². The van der Waals surface area contributed by atoms with Crippen molar-refractivity contribution in [2.45, 2.75) is 33.2 Å². The standard InChI is InChI=1S/C12H16ClN3O/c1-3-16-10(7-9(2)15-16)11-8-14-12(17-11)5-4-6-13/h7-8H,3-6H2,1-2H3. The van der Waals surface area contributed by atoms with Crippen molar-refractivity contribution in [3.05, 3.63) is 23.8 Å². The van der Waals surface area contributed by atoms with Crippen molar-refractivity contribution in [2.75, 3.05) is 5.88 Å². The normalized spacial score (nSPS) is 11.0. The van der Waals surface area contributed by atoms with Gasteiger partial charge in [-0.15, -0.1) is 11.6 Å². The van der Waals surface area contributed by atoms with Crippen LogP contribution in [0.2, 0.25) is 0 Å². The molecule has 0 aliphatic carbocycles. The first-order valence-electron chi connectivity index (χ1n) is 5.80. The summed E-state index contributed by atoms with van der Waals surface area (Å²) in [4.78, 5) is 4.25. The minimum absolute atomic E-state index is 0.629. The molecule has 2 aromatic rings. The minimum atomic E-state index is 0.629. The van der Waals surface area contributed by atoms with Crippen molar-refractivity contribution in [3.63, 3.8) is 0 Å². The van der Waals surface area contributed by atoms with Crippen LogP contribution in [0.15, 0.2) is 16.7 Å². The second-order valence-electron chi connectivity index (χ2n) is 3.90. The zero-order valence-corrected chi connectivity index (χ0v) is 10.9. The average Bonchev–Trinajstić information content (AvgIpc) is 2.92. The molecule has 0 aromatic carbocycles. The molecular formula is C12H16ClN3O. The van der Waals surface area contributed by atoms with Crippen LogP contribution in [-0.2, 0) is 13.0 Å². The van der Waals surface area contributed by atoms with E-state index in [2.05, 4.69) is 17.0 Å². The van der Waals surface area contributed by atoms with Gasteiger partial charge in [-0.05, 0) is 26.3 Å². The molecule has 92 valence electrons. The molecule has 0 saturated heterocycles. The number of aromatic nitrogens is 3. The third-order valence-corrected chi connectivity index (χ3v) is 2.80. The number of nitrogens with zero attached hydrogens (tertiary/aromatic N) is 3. The van der Waals surface area contributed by atoms with Crippen LogP contribution in [0, 0.1) is 6.92 Å². The van der Waals surface area contributed by atoms with E-state index < -0.39 is 0 Å². The predicted molar refractivity (Wildman–Crippen MR) is 67.2 cm³/mol. The summed E-state index contributed by atoms with van der Waals surface area (Å²) in [5, 5.41) is 4.38. The second kappa shape index (κ2) is 5.36. The molecule has 0 atom stereocenters. The monoisotopic (exact) mass is 253 g/mol. The van der Waals surface area contributed by atoms with Gasteiger partial charge in [0.1, 0.15) is 5.69 Å². The molecule has 0 aliphatic rings. The fraction of sp³-hybridized carbons (Fsp3) is 0.500. The molecule has 0 amide bonds. The van der Waals surface area contributed by atoms with E-state index >= 15 is 0 Å². The summed E-state index contributed by atoms with van der Waals surface area (Å²) in [7, 11) is 0. The maximum absolute atomic E-state index is 5.70. The van der Waals surface area contributed by atoms with Gasteiger partial charge in [-0.3, -0.25) is 4.68 Å². The number of hydrogen-bond donors (Lipinski definition) is 0. The number of alkyl halides is 1. The van der Waals surface area contributed by atoms with Gasteiger partial charge in [0.2, 0.25) is 0 Å². The molecule has 0 saturated carbocycles. The molecule has 0 unspecified atom stereocenters. The third-order valence-electron chi connectivity index (χ3n) is 2.53. The highest BCUT2D eigenvalue weighted by Gasteiger charge is 2.11. The van der Waals surface area contributed by atoms with Gasteiger partial charge >= 0.3 is 0 Å². The highest BCUT2D eigenvalue weighted by molar-refractivity contribution is 6.17. The van der Waals surface area contributed by atoms with Crippen LogP contribution in [0.4, 0.5) is 0 Å². The van der Waals surface area contributed by atoms with E-state index in [-0.39, 0.29) is 0 Å². The maximum Gasteiger partial charge on any atom is 0.195 e. The van der Waals surface area contributed by atoms with E-state index in [1.807, 2.05) is 17.7 Å². The molecule has 5 heteroatoms. The Morgan fingerprint density at radius 3 is 3.00 bits per heavy atom. The van der Waals surface area contributed by atoms with Crippen molar-refractivity contribution in [1.29, 1.82) is 0 Å². The fourth-order valence-corrected chi connectivity index (χ4v) is 1.88. The summed E-state index contributed by atoms with van der Waals surface area (Å²) in [5.41, 5.74) is 1.97. The maximum atomic E-state index is 5.70. The quantitative estimate of drug-likeness (QED) is 0.770. The molecule has 2 rings (SSSR count). The molecule has 0 spiro atoms. The average molecular weight is 254 g/mol. The van der Waals surface area contributed by atoms with Gasteiger partial charge in [0.15, 0.2) is 11.7 Å². The van der Waals surface area contributed by atoms with E-state index in [0.29, 0.717) is 5.88 Å². The summed E-state index contributed by atoms with van der Waals surface area (Å²) >= 11 is 5.64. The molecule has 0 radical (unpaired) electrons. The largest absolute Gasteiger partial charge is 0.439 e. The molecular weight excluding hydrogens is 238 g/mol. The van der Waals surface area contributed by atoms with Crippen LogP contribution < -0.4 is 0 Å². The first-order chi connectivity index (χ1) is 8.24. The lowest BCUT2D eigenvalue weighted by molar-refractivity contribution is 0.496. The van der Waals surface area contributed by atoms with Crippen molar-refractivity contribution in [1.82, 2.24) is 14.8 Å². The van der Waals surface area contributed by atoms with Crippen molar-refractivity contribution < 1.29 is 4.42 Å². The van der Waals surface area contributed by atoms with Crippen LogP contribution in [-0.4, -0.2) is 20.6 Å². The summed E-state index contributed by atoms with van der Waals surface area (Å²) in [6, 6.07) is 2.01. The minimum Gasteiger partial charge on any atom is -0.439 e. The van der Waals surface area contributed by atoms with E-state index in [1.165, 1.54) is 0 Å². The Bertz CT molecular complexity index is 490. The molecule has 2 aromatic heterocycles. The Morgan fingerprint density at radius 2 is 2.29 bits per heavy atom. The van der Waals surface area contributed by atoms with Crippen molar-refractivity contribution in [3.8, 4) is 11.5 Å². The van der Waals surface area contributed by atoms with Crippen LogP contribution in [0.25, 0.3) is 11.5 Å². The molecule has 0 N–H and O–H groups in total. The Balaban J connectivity index is 2.23. The van der Waals surface area contributed by atoms with E-state index in [0.717, 1.165) is 42.4 Å². The third kappa shape index (κ3) is 2.69. The summed E-state index contributed by atoms with van der Waals surface area (Å²) in [5.74, 6) is 2.14. The van der Waals surface area contributed by atoms with Gasteiger partial charge in [-0.1, -0.05) is 0 Å². The van der Waals surface area contributed by atoms with E-state index in [1.54, 1.807) is 6.20 Å². The highest BCUT2D eigenvalue weighted by atomic mass is 35.5. The lowest BCUT2D eigenvalue weighted by Gasteiger charge is -1.99. The molecule has 0 aliphatic heterocycles. The number of aryl methyl sites for hydroxylation is 3. The van der Waals surface area contributed by atoms with Gasteiger partial charge < -0.3 is 4.42 Å². The molecule has 17 heavy (non-hydrogen) atoms. The molecule has 0 bridgehead atoms. The van der Waals surface area contributed by atoms with Crippen LogP contribution in [0.3, 0.4) is 0 Å². The summed E-state index contributed by atoms with van der Waals surface area (Å²) in [6.07, 6.45) is 3.42. The number of rotatable bonds is 5. The van der Waals surface area contributed by atoms with E-state index in [4.69, 9.17) is 16.0 Å². The second-order valence-corrected chi connectivity index (χ2v) is 4.28. The van der Waals surface area contributed by atoms with Gasteiger partial charge in [-0.25, -0.2) is 4.98 Å². The Kier molecular flexibility index (Phi) is 3.84. The van der Waals surface area contributed by atoms with Gasteiger partial charge in [-0.2, -0.15) is 5.10 Å². The molecule has 4 nitrogen and oxygen atoms in total. The first kappa shape index (κ1) is 12.2. The molecule has 0 fully saturated rings. The lowest BCUT2D eigenvalue weighted by Crippen LogP contribution is -1.98. The number of oxazole rings is 1. The number of halogens is 1. The van der Waals surface area contributed by atoms with Crippen molar-refractivity contribution in [2.24, 2.45) is 0 Å². The van der Waals surface area contributed by atoms with Gasteiger partial charge in [0, 0.05) is 18.8 Å². The molecule has 2 heterocycles. The smallest absolute Gasteiger partial charge is 0.195 e. The van der Waals surface area contributed by atoms with Crippen LogP contribution in [0.1, 0.15) is 24.9 Å². The zero-order chi connectivity index (χ0) is 12.3. The summed E-state index contributed by atoms with van der Waals surface area (Å²) in [6.45, 7) is 4.85. The van der Waals surface area contributed by atoms with Crippen LogP contribution in [0.5, 0.6) is 0 Å². The van der Waals surface area contributed by atoms with E-state index in [9.17, 15) is 0 Å². The first-order valence-corrected chi connectivity index (χ1v) is 6.33. The van der Waals surface area contributed by atoms with Gasteiger partial charge in [0.05, 0.1) is 11.9 Å². The number of hydrogen-bond acceptors (Lipinski definition) is 3.